The van der Waals surface area contributed by atoms with Crippen molar-refractivity contribution in [2.45, 2.75) is 57.9 Å². The fraction of sp³-hybridized carbons (Fsp3) is 0.938. The van der Waals surface area contributed by atoms with E-state index in [9.17, 15) is 18.3 Å². The van der Waals surface area contributed by atoms with Crippen LogP contribution in [-0.4, -0.2) is 66.7 Å². The molecule has 0 aromatic carbocycles. The van der Waals surface area contributed by atoms with Crippen LogP contribution in [-0.2, 0) is 14.8 Å². The van der Waals surface area contributed by atoms with Gasteiger partial charge in [-0.15, -0.1) is 12.4 Å². The second kappa shape index (κ2) is 9.94. The highest BCUT2D eigenvalue weighted by Gasteiger charge is 2.30. The zero-order chi connectivity index (χ0) is 16.9. The smallest absolute Gasteiger partial charge is 0.317 e. The van der Waals surface area contributed by atoms with Crippen LogP contribution in [0.1, 0.15) is 51.9 Å². The molecule has 1 saturated carbocycles. The first-order valence-corrected chi connectivity index (χ1v) is 10.5. The molecule has 1 aliphatic carbocycles. The van der Waals surface area contributed by atoms with E-state index >= 15 is 0 Å². The first-order chi connectivity index (χ1) is 10.9. The van der Waals surface area contributed by atoms with Crippen molar-refractivity contribution in [1.29, 1.82) is 0 Å². The van der Waals surface area contributed by atoms with Gasteiger partial charge in [-0.05, 0) is 38.6 Å². The monoisotopic (exact) mass is 382 g/mol. The SMILES string of the molecule is CCS(=O)(=O)N1CCC(N(CCC2CCCC2)CC(=O)O)CC1.Cl. The number of hydrogen-bond acceptors (Lipinski definition) is 4. The molecule has 142 valence electrons. The lowest BCUT2D eigenvalue weighted by Crippen LogP contribution is -2.48. The first-order valence-electron chi connectivity index (χ1n) is 8.86. The Morgan fingerprint density at radius 1 is 1.17 bits per heavy atom. The van der Waals surface area contributed by atoms with Crippen LogP contribution in [0.25, 0.3) is 0 Å². The Morgan fingerprint density at radius 2 is 1.75 bits per heavy atom. The van der Waals surface area contributed by atoms with E-state index in [4.69, 9.17) is 0 Å². The zero-order valence-corrected chi connectivity index (χ0v) is 16.2. The number of carbonyl (C=O) groups is 1. The zero-order valence-electron chi connectivity index (χ0n) is 14.5. The Hall–Kier alpha value is -0.370. The lowest BCUT2D eigenvalue weighted by molar-refractivity contribution is -0.139. The highest BCUT2D eigenvalue weighted by Crippen LogP contribution is 2.28. The largest absolute Gasteiger partial charge is 0.480 e. The minimum Gasteiger partial charge on any atom is -0.480 e. The summed E-state index contributed by atoms with van der Waals surface area (Å²) in [7, 11) is -3.12. The van der Waals surface area contributed by atoms with Crippen LogP contribution in [0.3, 0.4) is 0 Å². The summed E-state index contributed by atoms with van der Waals surface area (Å²) in [6, 6.07) is 0.191. The Kier molecular flexibility index (Phi) is 8.98. The molecule has 0 radical (unpaired) electrons. The Morgan fingerprint density at radius 3 is 2.25 bits per heavy atom. The van der Waals surface area contributed by atoms with Crippen LogP contribution in [0.4, 0.5) is 0 Å². The molecule has 24 heavy (non-hydrogen) atoms. The fourth-order valence-corrected chi connectivity index (χ4v) is 5.01. The van der Waals surface area contributed by atoms with Crippen molar-refractivity contribution in [1.82, 2.24) is 9.21 Å². The molecule has 6 nitrogen and oxygen atoms in total. The van der Waals surface area contributed by atoms with E-state index in [0.29, 0.717) is 13.1 Å². The van der Waals surface area contributed by atoms with E-state index in [1.165, 1.54) is 25.7 Å². The molecule has 8 heteroatoms. The van der Waals surface area contributed by atoms with Gasteiger partial charge in [0.25, 0.3) is 0 Å². The minimum absolute atomic E-state index is 0. The number of sulfonamides is 1. The molecule has 1 saturated heterocycles. The summed E-state index contributed by atoms with van der Waals surface area (Å²) in [4.78, 5) is 13.2. The highest BCUT2D eigenvalue weighted by atomic mass is 35.5. The van der Waals surface area contributed by atoms with Crippen LogP contribution < -0.4 is 0 Å². The van der Waals surface area contributed by atoms with E-state index in [1.54, 1.807) is 11.2 Å². The number of halogens is 1. The van der Waals surface area contributed by atoms with Crippen molar-refractivity contribution in [3.8, 4) is 0 Å². The van der Waals surface area contributed by atoms with Crippen LogP contribution in [0.15, 0.2) is 0 Å². The molecule has 2 fully saturated rings. The average molecular weight is 383 g/mol. The van der Waals surface area contributed by atoms with E-state index < -0.39 is 16.0 Å². The quantitative estimate of drug-likeness (QED) is 0.696. The summed E-state index contributed by atoms with van der Waals surface area (Å²) in [5, 5.41) is 9.18. The van der Waals surface area contributed by atoms with Crippen LogP contribution >= 0.6 is 12.4 Å². The van der Waals surface area contributed by atoms with Crippen LogP contribution in [0, 0.1) is 5.92 Å². The van der Waals surface area contributed by atoms with Crippen molar-refractivity contribution in [3.63, 3.8) is 0 Å². The third-order valence-electron chi connectivity index (χ3n) is 5.34. The summed E-state index contributed by atoms with van der Waals surface area (Å²) in [5.74, 6) is 0.0879. The maximum Gasteiger partial charge on any atom is 0.317 e. The van der Waals surface area contributed by atoms with E-state index in [1.807, 2.05) is 0 Å². The number of carboxylic acid groups (broad SMARTS) is 1. The molecule has 1 heterocycles. The fourth-order valence-electron chi connectivity index (χ4n) is 3.88. The number of rotatable bonds is 8. The van der Waals surface area contributed by atoms with Gasteiger partial charge in [-0.1, -0.05) is 25.7 Å². The number of aliphatic carboxylic acids is 1. The lowest BCUT2D eigenvalue weighted by Gasteiger charge is -2.37. The standard InChI is InChI=1S/C16H30N2O4S.ClH/c1-2-23(21,22)18-11-8-15(9-12-18)17(13-16(19)20)10-7-14-5-3-4-6-14;/h14-15H,2-13H2,1H3,(H,19,20);1H. The molecule has 2 aliphatic rings. The second-order valence-electron chi connectivity index (χ2n) is 6.83. The summed E-state index contributed by atoms with van der Waals surface area (Å²) in [6.45, 7) is 3.58. The van der Waals surface area contributed by atoms with Crippen molar-refractivity contribution in [2.75, 3.05) is 31.9 Å². The summed E-state index contributed by atoms with van der Waals surface area (Å²) >= 11 is 0. The van der Waals surface area contributed by atoms with Crippen molar-refractivity contribution < 1.29 is 18.3 Å². The van der Waals surface area contributed by atoms with E-state index in [0.717, 1.165) is 31.7 Å². The summed E-state index contributed by atoms with van der Waals surface area (Å²) in [6.07, 6.45) is 7.69. The summed E-state index contributed by atoms with van der Waals surface area (Å²) < 4.78 is 25.4. The van der Waals surface area contributed by atoms with Crippen LogP contribution in [0.5, 0.6) is 0 Å². The molecular weight excluding hydrogens is 352 g/mol. The van der Waals surface area contributed by atoms with Gasteiger partial charge in [0.05, 0.1) is 12.3 Å². The molecular formula is C16H31ClN2O4S. The predicted octanol–water partition coefficient (Wildman–Crippen LogP) is 2.19. The molecule has 0 amide bonds. The number of piperidine rings is 1. The van der Waals surface area contributed by atoms with Crippen molar-refractivity contribution in [3.05, 3.63) is 0 Å². The Labute approximate surface area is 152 Å². The van der Waals surface area contributed by atoms with Crippen molar-refractivity contribution in [2.24, 2.45) is 5.92 Å². The molecule has 0 aromatic heterocycles. The van der Waals surface area contributed by atoms with Gasteiger partial charge in [0.15, 0.2) is 0 Å². The van der Waals surface area contributed by atoms with Gasteiger partial charge in [-0.25, -0.2) is 12.7 Å². The first kappa shape index (κ1) is 21.7. The lowest BCUT2D eigenvalue weighted by atomic mass is 10.0. The normalized spacial score (nSPS) is 21.1. The molecule has 0 aromatic rings. The van der Waals surface area contributed by atoms with E-state index in [-0.39, 0.29) is 30.7 Å². The number of nitrogens with zero attached hydrogens (tertiary/aromatic N) is 2. The third-order valence-corrected chi connectivity index (χ3v) is 7.22. The van der Waals surface area contributed by atoms with Crippen LogP contribution in [0.2, 0.25) is 0 Å². The molecule has 2 rings (SSSR count). The maximum atomic E-state index is 11.9. The van der Waals surface area contributed by atoms with Gasteiger partial charge in [-0.2, -0.15) is 0 Å². The van der Waals surface area contributed by atoms with E-state index in [2.05, 4.69) is 4.90 Å². The molecule has 0 bridgehead atoms. The number of hydrogen-bond donors (Lipinski definition) is 1. The van der Waals surface area contributed by atoms with Gasteiger partial charge in [0.1, 0.15) is 0 Å². The molecule has 0 spiro atoms. The second-order valence-corrected chi connectivity index (χ2v) is 9.09. The molecule has 1 N–H and O–H groups in total. The average Bonchev–Trinajstić information content (AvgIpc) is 3.04. The van der Waals surface area contributed by atoms with Gasteiger partial charge in [-0.3, -0.25) is 9.69 Å². The molecule has 0 unspecified atom stereocenters. The predicted molar refractivity (Wildman–Crippen MR) is 97.1 cm³/mol. The maximum absolute atomic E-state index is 11.9. The van der Waals surface area contributed by atoms with Gasteiger partial charge in [0.2, 0.25) is 10.0 Å². The Bertz CT molecular complexity index is 486. The molecule has 1 aliphatic heterocycles. The number of carboxylic acids is 1. The summed E-state index contributed by atoms with van der Waals surface area (Å²) in [5.41, 5.74) is 0. The Balaban J connectivity index is 0.00000288. The highest BCUT2D eigenvalue weighted by molar-refractivity contribution is 7.89. The van der Waals surface area contributed by atoms with Gasteiger partial charge < -0.3 is 5.11 Å². The van der Waals surface area contributed by atoms with Gasteiger partial charge >= 0.3 is 5.97 Å². The van der Waals surface area contributed by atoms with Gasteiger partial charge in [0, 0.05) is 19.1 Å². The van der Waals surface area contributed by atoms with Crippen molar-refractivity contribution >= 4 is 28.4 Å². The topological polar surface area (TPSA) is 77.9 Å². The minimum atomic E-state index is -3.12. The molecule has 0 atom stereocenters. The third kappa shape index (κ3) is 6.17.